The minimum Gasteiger partial charge on any atom is -0.497 e. The van der Waals surface area contributed by atoms with Crippen molar-refractivity contribution < 1.29 is 22.3 Å². The number of rotatable bonds is 6. The van der Waals surface area contributed by atoms with Crippen LogP contribution in [-0.4, -0.2) is 22.6 Å². The van der Waals surface area contributed by atoms with Crippen LogP contribution in [0.4, 0.5) is 4.39 Å². The highest BCUT2D eigenvalue weighted by Crippen LogP contribution is 2.26. The molecule has 0 aliphatic rings. The summed E-state index contributed by atoms with van der Waals surface area (Å²) in [6, 6.07) is 8.13. The molecule has 0 fully saturated rings. The number of hydrogen-bond donors (Lipinski definition) is 1. The van der Waals surface area contributed by atoms with Gasteiger partial charge < -0.3 is 9.47 Å². The van der Waals surface area contributed by atoms with Crippen LogP contribution in [0.25, 0.3) is 0 Å². The van der Waals surface area contributed by atoms with E-state index in [1.807, 2.05) is 0 Å². The Morgan fingerprint density at radius 3 is 2.48 bits per heavy atom. The molecular formula is C15H15ClFNO4S. The van der Waals surface area contributed by atoms with E-state index in [9.17, 15) is 12.8 Å². The lowest BCUT2D eigenvalue weighted by Crippen LogP contribution is -2.24. The number of ether oxygens (including phenoxy) is 2. The first-order valence-corrected chi connectivity index (χ1v) is 8.39. The molecule has 0 radical (unpaired) electrons. The summed E-state index contributed by atoms with van der Waals surface area (Å²) in [7, 11) is -0.905. The van der Waals surface area contributed by atoms with Gasteiger partial charge in [0.25, 0.3) is 0 Å². The van der Waals surface area contributed by atoms with E-state index in [1.54, 1.807) is 18.2 Å². The summed E-state index contributed by atoms with van der Waals surface area (Å²) in [4.78, 5) is -0.192. The second kappa shape index (κ2) is 7.16. The molecule has 124 valence electrons. The third-order valence-electron chi connectivity index (χ3n) is 3.12. The van der Waals surface area contributed by atoms with Crippen molar-refractivity contribution >= 4 is 21.6 Å². The molecule has 0 aliphatic heterocycles. The van der Waals surface area contributed by atoms with Gasteiger partial charge in [0, 0.05) is 12.1 Å². The van der Waals surface area contributed by atoms with Gasteiger partial charge in [0.15, 0.2) is 0 Å². The molecule has 0 saturated carbocycles. The van der Waals surface area contributed by atoms with Crippen LogP contribution >= 0.6 is 11.6 Å². The Morgan fingerprint density at radius 2 is 1.87 bits per heavy atom. The summed E-state index contributed by atoms with van der Waals surface area (Å²) in [5.41, 5.74) is 0.591. The van der Waals surface area contributed by atoms with Crippen molar-refractivity contribution in [3.05, 3.63) is 52.8 Å². The lowest BCUT2D eigenvalue weighted by molar-refractivity contribution is 0.398. The number of methoxy groups -OCH3 is 2. The highest BCUT2D eigenvalue weighted by atomic mass is 35.5. The summed E-state index contributed by atoms with van der Waals surface area (Å²) in [6.07, 6.45) is 0. The van der Waals surface area contributed by atoms with E-state index in [0.29, 0.717) is 17.1 Å². The molecule has 0 saturated heterocycles. The largest absolute Gasteiger partial charge is 0.497 e. The van der Waals surface area contributed by atoms with Crippen molar-refractivity contribution in [3.63, 3.8) is 0 Å². The summed E-state index contributed by atoms with van der Waals surface area (Å²) in [5.74, 6) is 0.474. The molecule has 2 aromatic rings. The number of halogens is 2. The van der Waals surface area contributed by atoms with Crippen LogP contribution in [0.15, 0.2) is 41.3 Å². The minimum atomic E-state index is -3.90. The summed E-state index contributed by atoms with van der Waals surface area (Å²) in [6.45, 7) is -0.0313. The molecule has 0 aliphatic carbocycles. The quantitative estimate of drug-likeness (QED) is 0.861. The van der Waals surface area contributed by atoms with E-state index in [4.69, 9.17) is 21.1 Å². The molecule has 0 spiro atoms. The lowest BCUT2D eigenvalue weighted by Gasteiger charge is -2.12. The van der Waals surface area contributed by atoms with Crippen LogP contribution in [0.1, 0.15) is 5.56 Å². The molecule has 1 N–H and O–H groups in total. The van der Waals surface area contributed by atoms with Gasteiger partial charge in [-0.3, -0.25) is 0 Å². The zero-order chi connectivity index (χ0) is 17.0. The van der Waals surface area contributed by atoms with Crippen molar-refractivity contribution in [3.8, 4) is 11.5 Å². The van der Waals surface area contributed by atoms with Crippen molar-refractivity contribution in [2.75, 3.05) is 14.2 Å². The first kappa shape index (κ1) is 17.5. The molecule has 0 aromatic heterocycles. The molecule has 5 nitrogen and oxygen atoms in total. The first-order valence-electron chi connectivity index (χ1n) is 6.53. The maximum Gasteiger partial charge on any atom is 0.242 e. The lowest BCUT2D eigenvalue weighted by atomic mass is 10.2. The van der Waals surface area contributed by atoms with E-state index >= 15 is 0 Å². The van der Waals surface area contributed by atoms with Crippen molar-refractivity contribution in [1.29, 1.82) is 0 Å². The summed E-state index contributed by atoms with van der Waals surface area (Å²) >= 11 is 5.80. The van der Waals surface area contributed by atoms with Gasteiger partial charge in [-0.15, -0.1) is 0 Å². The third kappa shape index (κ3) is 4.13. The number of sulfonamides is 1. The minimum absolute atomic E-state index is 0.0313. The fourth-order valence-electron chi connectivity index (χ4n) is 1.96. The van der Waals surface area contributed by atoms with Crippen LogP contribution < -0.4 is 14.2 Å². The number of hydrogen-bond acceptors (Lipinski definition) is 4. The Morgan fingerprint density at radius 1 is 1.13 bits per heavy atom. The van der Waals surface area contributed by atoms with Gasteiger partial charge >= 0.3 is 0 Å². The third-order valence-corrected chi connectivity index (χ3v) is 5.01. The van der Waals surface area contributed by atoms with Crippen molar-refractivity contribution in [2.45, 2.75) is 11.4 Å². The van der Waals surface area contributed by atoms with Crippen LogP contribution in [0, 0.1) is 5.82 Å². The van der Waals surface area contributed by atoms with Gasteiger partial charge in [0.1, 0.15) is 22.2 Å². The molecule has 2 aromatic carbocycles. The van der Waals surface area contributed by atoms with E-state index < -0.39 is 15.8 Å². The average molecular weight is 360 g/mol. The maximum absolute atomic E-state index is 13.0. The van der Waals surface area contributed by atoms with Crippen LogP contribution in [0.5, 0.6) is 11.5 Å². The van der Waals surface area contributed by atoms with Crippen LogP contribution in [0.3, 0.4) is 0 Å². The zero-order valence-corrected chi connectivity index (χ0v) is 14.0. The van der Waals surface area contributed by atoms with E-state index in [-0.39, 0.29) is 16.5 Å². The van der Waals surface area contributed by atoms with E-state index in [2.05, 4.69) is 4.72 Å². The van der Waals surface area contributed by atoms with Crippen molar-refractivity contribution in [2.24, 2.45) is 0 Å². The monoisotopic (exact) mass is 359 g/mol. The summed E-state index contributed by atoms with van der Waals surface area (Å²) < 4.78 is 50.3. The van der Waals surface area contributed by atoms with Crippen LogP contribution in [-0.2, 0) is 16.6 Å². The Hall–Kier alpha value is -1.83. The second-order valence-electron chi connectivity index (χ2n) is 4.58. The molecule has 0 amide bonds. The Balaban J connectivity index is 2.25. The normalized spacial score (nSPS) is 11.3. The smallest absolute Gasteiger partial charge is 0.242 e. The van der Waals surface area contributed by atoms with Gasteiger partial charge in [0.2, 0.25) is 10.0 Å². The molecule has 2 rings (SSSR count). The highest BCUT2D eigenvalue weighted by molar-refractivity contribution is 7.89. The molecule has 0 atom stereocenters. The summed E-state index contributed by atoms with van der Waals surface area (Å²) in [5, 5.41) is -0.185. The van der Waals surface area contributed by atoms with Crippen LogP contribution in [0.2, 0.25) is 5.02 Å². The average Bonchev–Trinajstić information content (AvgIpc) is 2.52. The zero-order valence-electron chi connectivity index (χ0n) is 12.5. The van der Waals surface area contributed by atoms with E-state index in [0.717, 1.165) is 18.2 Å². The Bertz CT molecular complexity index is 811. The molecule has 23 heavy (non-hydrogen) atoms. The number of nitrogens with one attached hydrogen (secondary N) is 1. The molecule has 0 bridgehead atoms. The van der Waals surface area contributed by atoms with Crippen molar-refractivity contribution in [1.82, 2.24) is 4.72 Å². The van der Waals surface area contributed by atoms with E-state index in [1.165, 1.54) is 14.2 Å². The standard InChI is InChI=1S/C15H15ClFNO4S/c1-21-12-4-5-14(22-2)10(7-12)9-18-23(19,20)15-6-3-11(17)8-13(15)16/h3-8,18H,9H2,1-2H3. The predicted molar refractivity (Wildman–Crippen MR) is 85.0 cm³/mol. The Labute approximate surface area is 139 Å². The fraction of sp³-hybridized carbons (Fsp3) is 0.200. The topological polar surface area (TPSA) is 64.6 Å². The maximum atomic E-state index is 13.0. The van der Waals surface area contributed by atoms with Gasteiger partial charge in [-0.05, 0) is 36.4 Å². The molecule has 0 heterocycles. The van der Waals surface area contributed by atoms with Gasteiger partial charge in [-0.25, -0.2) is 17.5 Å². The SMILES string of the molecule is COc1ccc(OC)c(CNS(=O)(=O)c2ccc(F)cc2Cl)c1. The van der Waals surface area contributed by atoms with Gasteiger partial charge in [-0.2, -0.15) is 0 Å². The number of benzene rings is 2. The van der Waals surface area contributed by atoms with Gasteiger partial charge in [0.05, 0.1) is 19.2 Å². The first-order chi connectivity index (χ1) is 10.9. The highest BCUT2D eigenvalue weighted by Gasteiger charge is 2.19. The predicted octanol–water partition coefficient (Wildman–Crippen LogP) is 2.97. The fourth-order valence-corrected chi connectivity index (χ4v) is 3.50. The second-order valence-corrected chi connectivity index (χ2v) is 6.72. The molecule has 8 heteroatoms. The Kier molecular flexibility index (Phi) is 5.46. The molecule has 0 unspecified atom stereocenters. The molecular weight excluding hydrogens is 345 g/mol. The van der Waals surface area contributed by atoms with Gasteiger partial charge in [-0.1, -0.05) is 11.6 Å².